The molecule has 0 saturated heterocycles. The van der Waals surface area contributed by atoms with Crippen molar-refractivity contribution in [3.8, 4) is 6.07 Å². The molecule has 15 heavy (non-hydrogen) atoms. The van der Waals surface area contributed by atoms with Gasteiger partial charge in [0, 0.05) is 26.2 Å². The lowest BCUT2D eigenvalue weighted by Gasteiger charge is -2.11. The summed E-state index contributed by atoms with van der Waals surface area (Å²) in [6, 6.07) is 2.46. The number of nitriles is 1. The van der Waals surface area contributed by atoms with E-state index in [0.29, 0.717) is 6.61 Å². The monoisotopic (exact) mass is 283 g/mol. The molecule has 4 heteroatoms. The van der Waals surface area contributed by atoms with Gasteiger partial charge in [0.05, 0.1) is 24.7 Å². The lowest BCUT2D eigenvalue weighted by atomic mass is 10.1. The predicted molar refractivity (Wildman–Crippen MR) is 61.9 cm³/mol. The van der Waals surface area contributed by atoms with Crippen LogP contribution in [0.3, 0.4) is 0 Å². The molecule has 1 saturated carbocycles. The van der Waals surface area contributed by atoms with Gasteiger partial charge >= 0.3 is 0 Å². The molecule has 2 heterocycles. The zero-order valence-corrected chi connectivity index (χ0v) is 10.6. The number of ether oxygens (including phenoxy) is 1. The van der Waals surface area contributed by atoms with Gasteiger partial charge in [-0.2, -0.15) is 5.26 Å². The smallest absolute Gasteiger partial charge is 0.0927 e. The Morgan fingerprint density at radius 1 is 1.47 bits per heavy atom. The zero-order valence-electron chi connectivity index (χ0n) is 8.18. The van der Waals surface area contributed by atoms with E-state index in [1.807, 2.05) is 0 Å². The largest absolute Gasteiger partial charge is 0.376 e. The Hall–Kier alpha value is -0.370. The van der Waals surface area contributed by atoms with Crippen LogP contribution in [-0.2, 0) is 23.2 Å². The molecule has 2 nitrogen and oxygen atoms in total. The van der Waals surface area contributed by atoms with E-state index in [9.17, 15) is 5.26 Å². The van der Waals surface area contributed by atoms with E-state index in [4.69, 9.17) is 4.74 Å². The predicted octanol–water partition coefficient (Wildman–Crippen LogP) is 3.14. The molecular formula is C11H10BrNOS. The average Bonchev–Trinajstić information content (AvgIpc) is 3.00. The van der Waals surface area contributed by atoms with E-state index in [-0.39, 0.29) is 5.41 Å². The average molecular weight is 284 g/mol. The van der Waals surface area contributed by atoms with Gasteiger partial charge in [0.1, 0.15) is 0 Å². The van der Waals surface area contributed by atoms with E-state index in [1.54, 1.807) is 11.3 Å². The van der Waals surface area contributed by atoms with E-state index in [0.717, 1.165) is 30.3 Å². The number of nitrogens with zero attached hydrogens (tertiary/aromatic N) is 1. The fourth-order valence-electron chi connectivity index (χ4n) is 2.00. The summed E-state index contributed by atoms with van der Waals surface area (Å²) in [5.41, 5.74) is 1.11. The van der Waals surface area contributed by atoms with Gasteiger partial charge < -0.3 is 4.74 Å². The Morgan fingerprint density at radius 3 is 2.87 bits per heavy atom. The molecule has 0 N–H and O–H groups in total. The zero-order chi connectivity index (χ0) is 10.5. The van der Waals surface area contributed by atoms with Crippen LogP contribution in [0.25, 0.3) is 0 Å². The maximum Gasteiger partial charge on any atom is 0.0927 e. The van der Waals surface area contributed by atoms with Crippen molar-refractivity contribution in [3.63, 3.8) is 0 Å². The lowest BCUT2D eigenvalue weighted by Crippen LogP contribution is -2.06. The molecule has 1 aromatic rings. The third-order valence-electron chi connectivity index (χ3n) is 3.14. The van der Waals surface area contributed by atoms with Gasteiger partial charge in [0.2, 0.25) is 0 Å². The molecule has 0 amide bonds. The van der Waals surface area contributed by atoms with E-state index in [1.165, 1.54) is 15.3 Å². The van der Waals surface area contributed by atoms with Crippen molar-refractivity contribution >= 4 is 27.3 Å². The lowest BCUT2D eigenvalue weighted by molar-refractivity contribution is 0.111. The van der Waals surface area contributed by atoms with Crippen molar-refractivity contribution in [1.82, 2.24) is 0 Å². The van der Waals surface area contributed by atoms with E-state index in [2.05, 4.69) is 22.0 Å². The van der Waals surface area contributed by atoms with Crippen LogP contribution >= 0.6 is 27.3 Å². The van der Waals surface area contributed by atoms with Crippen LogP contribution < -0.4 is 0 Å². The van der Waals surface area contributed by atoms with Crippen LogP contribution in [0.15, 0.2) is 4.47 Å². The second kappa shape index (κ2) is 3.31. The molecule has 78 valence electrons. The first-order valence-corrected chi connectivity index (χ1v) is 6.67. The SMILES string of the molecule is N#CC1(c2sc3c(c2Br)COCC3)CC1. The summed E-state index contributed by atoms with van der Waals surface area (Å²) in [7, 11) is 0. The summed E-state index contributed by atoms with van der Waals surface area (Å²) in [5, 5.41) is 9.20. The van der Waals surface area contributed by atoms with Gasteiger partial charge in [-0.1, -0.05) is 0 Å². The second-order valence-electron chi connectivity index (χ2n) is 4.14. The Labute approximate surface area is 101 Å². The maximum atomic E-state index is 9.20. The van der Waals surface area contributed by atoms with Gasteiger partial charge in [-0.05, 0) is 28.8 Å². The van der Waals surface area contributed by atoms with Crippen molar-refractivity contribution in [2.24, 2.45) is 0 Å². The van der Waals surface area contributed by atoms with Crippen LogP contribution in [0.4, 0.5) is 0 Å². The molecule has 0 bridgehead atoms. The molecule has 0 spiro atoms. The highest BCUT2D eigenvalue weighted by Gasteiger charge is 2.48. The highest BCUT2D eigenvalue weighted by molar-refractivity contribution is 9.10. The Morgan fingerprint density at radius 2 is 2.27 bits per heavy atom. The van der Waals surface area contributed by atoms with Crippen LogP contribution in [0.1, 0.15) is 28.2 Å². The minimum absolute atomic E-state index is 0.166. The normalized spacial score (nSPS) is 21.9. The summed E-state index contributed by atoms with van der Waals surface area (Å²) in [6.07, 6.45) is 3.03. The van der Waals surface area contributed by atoms with Crippen LogP contribution in [0, 0.1) is 11.3 Å². The quantitative estimate of drug-likeness (QED) is 0.793. The minimum atomic E-state index is -0.166. The molecule has 2 aliphatic rings. The number of rotatable bonds is 1. The highest BCUT2D eigenvalue weighted by atomic mass is 79.9. The number of hydrogen-bond acceptors (Lipinski definition) is 3. The molecule has 1 aromatic heterocycles. The Bertz CT molecular complexity index is 456. The molecule has 0 atom stereocenters. The molecule has 3 rings (SSSR count). The van der Waals surface area contributed by atoms with Crippen molar-refractivity contribution in [2.45, 2.75) is 31.3 Å². The first kappa shape index (κ1) is 9.83. The van der Waals surface area contributed by atoms with Gasteiger partial charge in [-0.3, -0.25) is 0 Å². The Kier molecular flexibility index (Phi) is 2.17. The summed E-state index contributed by atoms with van der Waals surface area (Å²) >= 11 is 5.44. The first-order chi connectivity index (χ1) is 7.27. The highest BCUT2D eigenvalue weighted by Crippen LogP contribution is 2.54. The van der Waals surface area contributed by atoms with Gasteiger partial charge in [0.15, 0.2) is 0 Å². The summed E-state index contributed by atoms with van der Waals surface area (Å²) in [5.74, 6) is 0. The Balaban J connectivity index is 2.11. The molecule has 0 unspecified atom stereocenters. The molecule has 0 aromatic carbocycles. The first-order valence-electron chi connectivity index (χ1n) is 5.06. The number of hydrogen-bond donors (Lipinski definition) is 0. The van der Waals surface area contributed by atoms with Crippen molar-refractivity contribution in [1.29, 1.82) is 5.26 Å². The molecule has 1 aliphatic carbocycles. The number of fused-ring (bicyclic) bond motifs is 1. The number of halogens is 1. The molecule has 1 fully saturated rings. The third-order valence-corrected chi connectivity index (χ3v) is 5.78. The topological polar surface area (TPSA) is 33.0 Å². The summed E-state index contributed by atoms with van der Waals surface area (Å²) in [6.45, 7) is 1.52. The standard InChI is InChI=1S/C11H10BrNOS/c12-9-7-5-14-4-1-8(7)15-10(9)11(6-13)2-3-11/h1-5H2. The fraction of sp³-hybridized carbons (Fsp3) is 0.545. The molecule has 0 radical (unpaired) electrons. The van der Waals surface area contributed by atoms with E-state index >= 15 is 0 Å². The number of thiophene rings is 1. The summed E-state index contributed by atoms with van der Waals surface area (Å²) < 4.78 is 6.59. The van der Waals surface area contributed by atoms with Gasteiger partial charge in [-0.25, -0.2) is 0 Å². The van der Waals surface area contributed by atoms with Crippen molar-refractivity contribution in [2.75, 3.05) is 6.61 Å². The van der Waals surface area contributed by atoms with Gasteiger partial charge in [-0.15, -0.1) is 11.3 Å². The van der Waals surface area contributed by atoms with Crippen LogP contribution in [-0.4, -0.2) is 6.61 Å². The molecular weight excluding hydrogens is 274 g/mol. The van der Waals surface area contributed by atoms with Crippen LogP contribution in [0.5, 0.6) is 0 Å². The van der Waals surface area contributed by atoms with Gasteiger partial charge in [0.25, 0.3) is 0 Å². The van der Waals surface area contributed by atoms with Crippen LogP contribution in [0.2, 0.25) is 0 Å². The van der Waals surface area contributed by atoms with Crippen molar-refractivity contribution < 1.29 is 4.74 Å². The third kappa shape index (κ3) is 1.37. The van der Waals surface area contributed by atoms with Crippen molar-refractivity contribution in [3.05, 3.63) is 19.8 Å². The van der Waals surface area contributed by atoms with E-state index < -0.39 is 0 Å². The maximum absolute atomic E-state index is 9.20. The molecule has 1 aliphatic heterocycles. The fourth-order valence-corrected chi connectivity index (χ4v) is 4.48. The summed E-state index contributed by atoms with van der Waals surface area (Å²) in [4.78, 5) is 2.64. The second-order valence-corrected chi connectivity index (χ2v) is 6.04. The minimum Gasteiger partial charge on any atom is -0.376 e.